The van der Waals surface area contributed by atoms with Crippen molar-refractivity contribution < 1.29 is 4.79 Å². The highest BCUT2D eigenvalue weighted by molar-refractivity contribution is 6.22. The molecule has 0 spiro atoms. The Kier molecular flexibility index (Phi) is 2.88. The van der Waals surface area contributed by atoms with Gasteiger partial charge in [-0.1, -0.05) is 54.6 Å². The Morgan fingerprint density at radius 3 is 1.95 bits per heavy atom. The van der Waals surface area contributed by atoms with Gasteiger partial charge in [0, 0.05) is 5.56 Å². The molecule has 0 saturated carbocycles. The molecule has 0 aromatic heterocycles. The summed E-state index contributed by atoms with van der Waals surface area (Å²) in [7, 11) is 0. The fourth-order valence-electron chi connectivity index (χ4n) is 2.51. The second-order valence-electron chi connectivity index (χ2n) is 4.56. The first kappa shape index (κ1) is 11.7. The summed E-state index contributed by atoms with van der Waals surface area (Å²) in [6.07, 6.45) is 3.42. The Morgan fingerprint density at radius 2 is 1.42 bits per heavy atom. The van der Waals surface area contributed by atoms with E-state index in [0.29, 0.717) is 0 Å². The number of hydrogen-bond donors (Lipinski definition) is 0. The van der Waals surface area contributed by atoms with Crippen molar-refractivity contribution in [2.75, 3.05) is 0 Å². The highest BCUT2D eigenvalue weighted by atomic mass is 16.1. The topological polar surface area (TPSA) is 17.1 Å². The van der Waals surface area contributed by atoms with Crippen LogP contribution in [0.15, 0.2) is 66.7 Å². The molecule has 1 nitrogen and oxygen atoms in total. The summed E-state index contributed by atoms with van der Waals surface area (Å²) < 4.78 is 0. The predicted octanol–water partition coefficient (Wildman–Crippen LogP) is 4.75. The Bertz CT molecular complexity index is 743. The molecule has 0 saturated heterocycles. The number of rotatable bonds is 2. The first-order chi connectivity index (χ1) is 9.31. The molecule has 92 valence electrons. The fraction of sp³-hybridized carbons (Fsp3) is 0.0556. The van der Waals surface area contributed by atoms with Crippen LogP contribution in [0.5, 0.6) is 0 Å². The Morgan fingerprint density at radius 1 is 0.895 bits per heavy atom. The molecular formula is C18H14O. The van der Waals surface area contributed by atoms with Crippen LogP contribution in [0.4, 0.5) is 0 Å². The summed E-state index contributed by atoms with van der Waals surface area (Å²) in [6.45, 7) is 1.87. The molecule has 0 radical (unpaired) electrons. The third-order valence-corrected chi connectivity index (χ3v) is 3.34. The van der Waals surface area contributed by atoms with Crippen molar-refractivity contribution in [1.29, 1.82) is 0 Å². The Labute approximate surface area is 112 Å². The predicted molar refractivity (Wildman–Crippen MR) is 80.6 cm³/mol. The van der Waals surface area contributed by atoms with E-state index < -0.39 is 0 Å². The standard InChI is InChI=1S/C18H14O/c1-2-7-17(19)18-15-10-5-3-8-13(15)12-14-9-4-6-11-16(14)18/h2-12H,1H3/b7-2+. The number of carbonyl (C=O) groups excluding carboxylic acids is 1. The minimum Gasteiger partial charge on any atom is -0.289 e. The lowest BCUT2D eigenvalue weighted by molar-refractivity contribution is 0.104. The number of carbonyl (C=O) groups is 1. The first-order valence-corrected chi connectivity index (χ1v) is 6.39. The van der Waals surface area contributed by atoms with E-state index in [9.17, 15) is 4.79 Å². The van der Waals surface area contributed by atoms with Crippen LogP contribution in [-0.2, 0) is 0 Å². The van der Waals surface area contributed by atoms with Crippen LogP contribution in [0.3, 0.4) is 0 Å². The van der Waals surface area contributed by atoms with Gasteiger partial charge in [0.25, 0.3) is 0 Å². The smallest absolute Gasteiger partial charge is 0.186 e. The summed E-state index contributed by atoms with van der Waals surface area (Å²) >= 11 is 0. The Balaban J connectivity index is 2.49. The van der Waals surface area contributed by atoms with Gasteiger partial charge in [0.2, 0.25) is 0 Å². The van der Waals surface area contributed by atoms with E-state index in [0.717, 1.165) is 27.1 Å². The van der Waals surface area contributed by atoms with Gasteiger partial charge in [-0.3, -0.25) is 4.79 Å². The van der Waals surface area contributed by atoms with Gasteiger partial charge in [-0.25, -0.2) is 0 Å². The van der Waals surface area contributed by atoms with Gasteiger partial charge >= 0.3 is 0 Å². The molecule has 3 rings (SSSR count). The normalized spacial score (nSPS) is 11.4. The minimum absolute atomic E-state index is 0.0653. The van der Waals surface area contributed by atoms with E-state index in [-0.39, 0.29) is 5.78 Å². The number of hydrogen-bond acceptors (Lipinski definition) is 1. The van der Waals surface area contributed by atoms with Crippen molar-refractivity contribution >= 4 is 27.3 Å². The zero-order valence-corrected chi connectivity index (χ0v) is 10.8. The molecule has 0 amide bonds. The largest absolute Gasteiger partial charge is 0.289 e. The highest BCUT2D eigenvalue weighted by Crippen LogP contribution is 2.28. The van der Waals surface area contributed by atoms with Gasteiger partial charge in [-0.2, -0.15) is 0 Å². The highest BCUT2D eigenvalue weighted by Gasteiger charge is 2.11. The molecule has 0 heterocycles. The zero-order valence-electron chi connectivity index (χ0n) is 10.8. The number of fused-ring (bicyclic) bond motifs is 2. The second-order valence-corrected chi connectivity index (χ2v) is 4.56. The van der Waals surface area contributed by atoms with Crippen molar-refractivity contribution in [1.82, 2.24) is 0 Å². The Hall–Kier alpha value is -2.41. The maximum Gasteiger partial charge on any atom is 0.186 e. The molecular weight excluding hydrogens is 232 g/mol. The van der Waals surface area contributed by atoms with E-state index in [1.165, 1.54) is 0 Å². The van der Waals surface area contributed by atoms with E-state index >= 15 is 0 Å². The van der Waals surface area contributed by atoms with Crippen molar-refractivity contribution in [2.24, 2.45) is 0 Å². The van der Waals surface area contributed by atoms with Crippen LogP contribution >= 0.6 is 0 Å². The third kappa shape index (κ3) is 1.93. The second kappa shape index (κ2) is 4.69. The quantitative estimate of drug-likeness (QED) is 0.362. The van der Waals surface area contributed by atoms with E-state index in [2.05, 4.69) is 6.07 Å². The number of ketones is 1. The van der Waals surface area contributed by atoms with E-state index in [4.69, 9.17) is 0 Å². The van der Waals surface area contributed by atoms with Crippen molar-refractivity contribution in [3.8, 4) is 0 Å². The number of allylic oxidation sites excluding steroid dienone is 2. The SMILES string of the molecule is C/C=C/C(=O)c1c2ccccc2cc2ccccc12. The van der Waals surface area contributed by atoms with Crippen LogP contribution < -0.4 is 0 Å². The summed E-state index contributed by atoms with van der Waals surface area (Å²) in [6, 6.07) is 18.2. The van der Waals surface area contributed by atoms with Gasteiger partial charge in [-0.05, 0) is 40.6 Å². The fourth-order valence-corrected chi connectivity index (χ4v) is 2.51. The minimum atomic E-state index is 0.0653. The van der Waals surface area contributed by atoms with Crippen molar-refractivity contribution in [2.45, 2.75) is 6.92 Å². The summed E-state index contributed by atoms with van der Waals surface area (Å²) in [5.74, 6) is 0.0653. The van der Waals surface area contributed by atoms with Crippen LogP contribution in [-0.4, -0.2) is 5.78 Å². The van der Waals surface area contributed by atoms with Crippen LogP contribution in [0.1, 0.15) is 17.3 Å². The van der Waals surface area contributed by atoms with Crippen LogP contribution in [0.2, 0.25) is 0 Å². The molecule has 0 atom stereocenters. The summed E-state index contributed by atoms with van der Waals surface area (Å²) in [4.78, 5) is 12.4. The molecule has 0 N–H and O–H groups in total. The average Bonchev–Trinajstić information content (AvgIpc) is 2.44. The average molecular weight is 246 g/mol. The van der Waals surface area contributed by atoms with Gasteiger partial charge in [0.15, 0.2) is 5.78 Å². The molecule has 19 heavy (non-hydrogen) atoms. The lowest BCUT2D eigenvalue weighted by Gasteiger charge is -2.08. The molecule has 0 unspecified atom stereocenters. The van der Waals surface area contributed by atoms with Gasteiger partial charge in [-0.15, -0.1) is 0 Å². The molecule has 1 heteroatoms. The molecule has 0 aliphatic rings. The molecule has 3 aromatic rings. The number of benzene rings is 3. The zero-order chi connectivity index (χ0) is 13.2. The van der Waals surface area contributed by atoms with E-state index in [1.807, 2.05) is 55.5 Å². The van der Waals surface area contributed by atoms with Gasteiger partial charge < -0.3 is 0 Å². The monoisotopic (exact) mass is 246 g/mol. The lowest BCUT2D eigenvalue weighted by atomic mass is 9.94. The summed E-state index contributed by atoms with van der Waals surface area (Å²) in [5.41, 5.74) is 0.798. The third-order valence-electron chi connectivity index (χ3n) is 3.34. The molecule has 0 aliphatic carbocycles. The maximum absolute atomic E-state index is 12.4. The van der Waals surface area contributed by atoms with E-state index in [1.54, 1.807) is 12.2 Å². The molecule has 0 fully saturated rings. The van der Waals surface area contributed by atoms with Crippen LogP contribution in [0.25, 0.3) is 21.5 Å². The molecule has 0 bridgehead atoms. The molecule has 3 aromatic carbocycles. The van der Waals surface area contributed by atoms with Gasteiger partial charge in [0.1, 0.15) is 0 Å². The summed E-state index contributed by atoms with van der Waals surface area (Å²) in [5, 5.41) is 4.25. The molecule has 0 aliphatic heterocycles. The first-order valence-electron chi connectivity index (χ1n) is 6.39. The van der Waals surface area contributed by atoms with Crippen LogP contribution in [0, 0.1) is 0 Å². The van der Waals surface area contributed by atoms with Crippen molar-refractivity contribution in [3.05, 3.63) is 72.3 Å². The maximum atomic E-state index is 12.4. The van der Waals surface area contributed by atoms with Crippen molar-refractivity contribution in [3.63, 3.8) is 0 Å². The van der Waals surface area contributed by atoms with Gasteiger partial charge in [0.05, 0.1) is 0 Å². The lowest BCUT2D eigenvalue weighted by Crippen LogP contribution is -1.97.